The van der Waals surface area contributed by atoms with Gasteiger partial charge in [-0.2, -0.15) is 10.2 Å². The van der Waals surface area contributed by atoms with Crippen molar-refractivity contribution in [3.05, 3.63) is 60.1 Å². The first-order valence-electron chi connectivity index (χ1n) is 8.25. The second-order valence-corrected chi connectivity index (χ2v) is 6.10. The molecule has 7 nitrogen and oxygen atoms in total. The number of nitrogens with one attached hydrogen (secondary N) is 1. The first-order valence-corrected chi connectivity index (χ1v) is 8.25. The van der Waals surface area contributed by atoms with Gasteiger partial charge in [0.25, 0.3) is 0 Å². The van der Waals surface area contributed by atoms with E-state index in [1.807, 2.05) is 29.3 Å². The summed E-state index contributed by atoms with van der Waals surface area (Å²) in [5.41, 5.74) is 2.26. The minimum Gasteiger partial charge on any atom is -0.474 e. The molecule has 4 heterocycles. The zero-order chi connectivity index (χ0) is 17.1. The summed E-state index contributed by atoms with van der Waals surface area (Å²) in [4.78, 5) is 6.28. The van der Waals surface area contributed by atoms with E-state index in [-0.39, 0.29) is 11.9 Å². The summed E-state index contributed by atoms with van der Waals surface area (Å²) < 4.78 is 21.5. The lowest BCUT2D eigenvalue weighted by molar-refractivity contribution is 0.113. The van der Waals surface area contributed by atoms with Gasteiger partial charge in [-0.25, -0.2) is 9.37 Å². The highest BCUT2D eigenvalue weighted by Crippen LogP contribution is 2.21. The molecule has 4 rings (SSSR count). The molecule has 3 aromatic heterocycles. The van der Waals surface area contributed by atoms with Crippen LogP contribution >= 0.6 is 0 Å². The molecule has 0 radical (unpaired) electrons. The summed E-state index contributed by atoms with van der Waals surface area (Å²) in [6, 6.07) is 5.06. The van der Waals surface area contributed by atoms with Crippen molar-refractivity contribution in [3.8, 4) is 5.88 Å². The number of ether oxygens (including phenoxy) is 1. The number of aryl methyl sites for hydroxylation is 1. The normalized spacial score (nSPS) is 17.9. The lowest BCUT2D eigenvalue weighted by Gasteiger charge is -2.28. The Morgan fingerprint density at radius 1 is 1.32 bits per heavy atom. The van der Waals surface area contributed by atoms with Crippen LogP contribution in [0.1, 0.15) is 17.7 Å². The van der Waals surface area contributed by atoms with Crippen LogP contribution in [0, 0.1) is 5.82 Å². The maximum absolute atomic E-state index is 13.8. The van der Waals surface area contributed by atoms with E-state index >= 15 is 0 Å². The zero-order valence-corrected chi connectivity index (χ0v) is 13.7. The fourth-order valence-corrected chi connectivity index (χ4v) is 3.11. The van der Waals surface area contributed by atoms with E-state index in [0.29, 0.717) is 6.61 Å². The Kier molecular flexibility index (Phi) is 4.43. The minimum absolute atomic E-state index is 0.0488. The monoisotopic (exact) mass is 342 g/mol. The van der Waals surface area contributed by atoms with Gasteiger partial charge in [0.05, 0.1) is 11.9 Å². The number of H-pyrrole nitrogens is 1. The molecule has 130 valence electrons. The molecule has 8 heteroatoms. The highest BCUT2D eigenvalue weighted by molar-refractivity contribution is 5.13. The van der Waals surface area contributed by atoms with Crippen LogP contribution in [0.15, 0.2) is 43.0 Å². The topological polar surface area (TPSA) is 71.9 Å². The maximum atomic E-state index is 13.8. The van der Waals surface area contributed by atoms with E-state index in [9.17, 15) is 4.39 Å². The minimum atomic E-state index is -0.439. The van der Waals surface area contributed by atoms with Crippen molar-refractivity contribution in [3.63, 3.8) is 0 Å². The van der Waals surface area contributed by atoms with Crippen LogP contribution in [0.3, 0.4) is 0 Å². The van der Waals surface area contributed by atoms with Crippen molar-refractivity contribution in [1.29, 1.82) is 0 Å². The van der Waals surface area contributed by atoms with Crippen LogP contribution in [0.5, 0.6) is 5.88 Å². The second kappa shape index (κ2) is 7.02. The Balaban J connectivity index is 1.51. The molecule has 0 saturated carbocycles. The predicted molar refractivity (Wildman–Crippen MR) is 88.2 cm³/mol. The van der Waals surface area contributed by atoms with Crippen molar-refractivity contribution in [2.45, 2.75) is 32.1 Å². The number of hydrogen-bond donors (Lipinski definition) is 1. The van der Waals surface area contributed by atoms with E-state index < -0.39 is 5.82 Å². The van der Waals surface area contributed by atoms with Crippen LogP contribution in [-0.4, -0.2) is 42.5 Å². The molecule has 3 aromatic rings. The fourth-order valence-electron chi connectivity index (χ4n) is 3.11. The first-order chi connectivity index (χ1) is 12.3. The third-order valence-electron chi connectivity index (χ3n) is 4.44. The fraction of sp³-hybridized carbons (Fsp3) is 0.353. The number of rotatable bonds is 5. The van der Waals surface area contributed by atoms with E-state index in [1.54, 1.807) is 6.07 Å². The van der Waals surface area contributed by atoms with Gasteiger partial charge in [-0.05, 0) is 24.6 Å². The molecule has 0 amide bonds. The van der Waals surface area contributed by atoms with Crippen molar-refractivity contribution in [1.82, 2.24) is 29.9 Å². The quantitative estimate of drug-likeness (QED) is 0.768. The third kappa shape index (κ3) is 3.53. The molecule has 0 aliphatic carbocycles. The standard InChI is InChI=1S/C17H19FN6O/c18-16-2-1-5-19-17(16)25-12-15-4-7-24-14(3-6-22-24)11-23(15)10-13-8-20-21-9-13/h1-3,5-6,8-9,15H,4,7,10-12H2,(H,20,21)/t15-/m1/s1. The van der Waals surface area contributed by atoms with E-state index in [2.05, 4.69) is 25.2 Å². The van der Waals surface area contributed by atoms with Gasteiger partial charge < -0.3 is 4.74 Å². The number of halogens is 1. The maximum Gasteiger partial charge on any atom is 0.250 e. The number of nitrogens with zero attached hydrogens (tertiary/aromatic N) is 5. The number of aromatic nitrogens is 5. The second-order valence-electron chi connectivity index (χ2n) is 6.10. The molecule has 1 aliphatic heterocycles. The number of pyridine rings is 1. The van der Waals surface area contributed by atoms with Gasteiger partial charge in [0.15, 0.2) is 5.82 Å². The van der Waals surface area contributed by atoms with Crippen LogP contribution < -0.4 is 4.74 Å². The van der Waals surface area contributed by atoms with Gasteiger partial charge in [-0.1, -0.05) is 0 Å². The molecular formula is C17H19FN6O. The Hall–Kier alpha value is -2.74. The molecule has 1 atom stereocenters. The Morgan fingerprint density at radius 2 is 2.28 bits per heavy atom. The van der Waals surface area contributed by atoms with Crippen LogP contribution in [-0.2, 0) is 19.6 Å². The van der Waals surface area contributed by atoms with Crippen molar-refractivity contribution < 1.29 is 9.13 Å². The van der Waals surface area contributed by atoms with Crippen molar-refractivity contribution in [2.75, 3.05) is 6.61 Å². The van der Waals surface area contributed by atoms with E-state index in [1.165, 1.54) is 12.3 Å². The lowest BCUT2D eigenvalue weighted by Crippen LogP contribution is -2.38. The highest BCUT2D eigenvalue weighted by atomic mass is 19.1. The van der Waals surface area contributed by atoms with Gasteiger partial charge >= 0.3 is 0 Å². The van der Waals surface area contributed by atoms with Gasteiger partial charge in [0.1, 0.15) is 6.61 Å². The highest BCUT2D eigenvalue weighted by Gasteiger charge is 2.25. The zero-order valence-electron chi connectivity index (χ0n) is 13.7. The number of hydrogen-bond acceptors (Lipinski definition) is 5. The average Bonchev–Trinajstić information content (AvgIpc) is 3.25. The number of fused-ring (bicyclic) bond motifs is 1. The molecule has 0 saturated heterocycles. The predicted octanol–water partition coefficient (Wildman–Crippen LogP) is 1.99. The Morgan fingerprint density at radius 3 is 3.12 bits per heavy atom. The van der Waals surface area contributed by atoms with E-state index in [0.717, 1.165) is 37.3 Å². The molecular weight excluding hydrogens is 323 g/mol. The summed E-state index contributed by atoms with van der Waals surface area (Å²) in [6.07, 6.45) is 7.92. The first kappa shape index (κ1) is 15.8. The molecule has 25 heavy (non-hydrogen) atoms. The summed E-state index contributed by atoms with van der Waals surface area (Å²) in [5.74, 6) is -0.391. The smallest absolute Gasteiger partial charge is 0.250 e. The molecule has 0 fully saturated rings. The van der Waals surface area contributed by atoms with E-state index in [4.69, 9.17) is 4.74 Å². The SMILES string of the molecule is Fc1cccnc1OC[C@H]1CCn2nccc2CN1Cc1cn[nH]c1. The summed E-state index contributed by atoms with van der Waals surface area (Å²) in [7, 11) is 0. The van der Waals surface area contributed by atoms with Crippen molar-refractivity contribution >= 4 is 0 Å². The average molecular weight is 342 g/mol. The van der Waals surface area contributed by atoms with Gasteiger partial charge in [-0.3, -0.25) is 14.7 Å². The van der Waals surface area contributed by atoms with Crippen LogP contribution in [0.25, 0.3) is 0 Å². The molecule has 0 aromatic carbocycles. The largest absolute Gasteiger partial charge is 0.474 e. The van der Waals surface area contributed by atoms with Gasteiger partial charge in [-0.15, -0.1) is 0 Å². The van der Waals surface area contributed by atoms with Crippen molar-refractivity contribution in [2.24, 2.45) is 0 Å². The van der Waals surface area contributed by atoms with Gasteiger partial charge in [0, 0.05) is 49.8 Å². The molecule has 1 aliphatic rings. The molecule has 0 unspecified atom stereocenters. The molecule has 0 bridgehead atoms. The lowest BCUT2D eigenvalue weighted by atomic mass is 10.1. The van der Waals surface area contributed by atoms with Crippen LogP contribution in [0.2, 0.25) is 0 Å². The number of aromatic amines is 1. The summed E-state index contributed by atoms with van der Waals surface area (Å²) >= 11 is 0. The summed E-state index contributed by atoms with van der Waals surface area (Å²) in [5, 5.41) is 11.2. The Bertz CT molecular complexity index is 818. The Labute approximate surface area is 144 Å². The molecule has 0 spiro atoms. The molecule has 1 N–H and O–H groups in total. The van der Waals surface area contributed by atoms with Gasteiger partial charge in [0.2, 0.25) is 5.88 Å². The summed E-state index contributed by atoms with van der Waals surface area (Å²) in [6.45, 7) is 2.67. The van der Waals surface area contributed by atoms with Crippen LogP contribution in [0.4, 0.5) is 4.39 Å². The third-order valence-corrected chi connectivity index (χ3v) is 4.44.